The van der Waals surface area contributed by atoms with Gasteiger partial charge in [-0.3, -0.25) is 19.3 Å². The third-order valence-corrected chi connectivity index (χ3v) is 9.74. The molecule has 1 saturated heterocycles. The fourth-order valence-corrected chi connectivity index (χ4v) is 6.44. The largest absolute Gasteiger partial charge is 0.491 e. The molecule has 1 unspecified atom stereocenters. The number of hydrogen-bond donors (Lipinski definition) is 3. The van der Waals surface area contributed by atoms with Crippen LogP contribution in [0.4, 0.5) is 0 Å². The molecule has 3 amide bonds. The third-order valence-electron chi connectivity index (χ3n) is 9.74. The Labute approximate surface area is 345 Å². The van der Waals surface area contributed by atoms with Gasteiger partial charge in [-0.05, 0) is 79.8 Å². The minimum atomic E-state index is -1.19. The second kappa shape index (κ2) is 23.9. The summed E-state index contributed by atoms with van der Waals surface area (Å²) in [6.07, 6.45) is 9.66. The van der Waals surface area contributed by atoms with E-state index in [2.05, 4.69) is 26.6 Å². The smallest absolute Gasteiger partial charge is 0.358 e. The number of carboxylic acids is 1. The zero-order valence-corrected chi connectivity index (χ0v) is 33.3. The van der Waals surface area contributed by atoms with Crippen molar-refractivity contribution in [2.75, 3.05) is 52.5 Å². The number of aromatic carboxylic acids is 1. The number of benzene rings is 3. The number of morpholine rings is 1. The van der Waals surface area contributed by atoms with Crippen LogP contribution in [-0.4, -0.2) is 102 Å². The molecular weight excluding hydrogens is 755 g/mol. The molecule has 14 heteroatoms. The maximum Gasteiger partial charge on any atom is 0.358 e. The van der Waals surface area contributed by atoms with Crippen molar-refractivity contribution in [3.8, 4) is 40.9 Å². The first kappa shape index (κ1) is 43.9. The molecule has 0 saturated carbocycles. The summed E-state index contributed by atoms with van der Waals surface area (Å²) in [5.41, 5.74) is 1.35. The number of amides is 3. The molecule has 2 heterocycles. The summed E-state index contributed by atoms with van der Waals surface area (Å²) in [4.78, 5) is 55.3. The Morgan fingerprint density at radius 2 is 1.59 bits per heavy atom. The Bertz CT molecular complexity index is 1960. The van der Waals surface area contributed by atoms with E-state index in [1.54, 1.807) is 29.2 Å². The summed E-state index contributed by atoms with van der Waals surface area (Å²) in [7, 11) is 0. The van der Waals surface area contributed by atoms with Gasteiger partial charge in [0.05, 0.1) is 13.2 Å². The average molecular weight is 808 g/mol. The molecule has 312 valence electrons. The number of carbonyl (C=O) groups excluding carboxylic acids is 3. The monoisotopic (exact) mass is 807 g/mol. The number of rotatable bonds is 24. The number of terminal acetylenes is 1. The molecule has 5 rings (SSSR count). The first-order valence-corrected chi connectivity index (χ1v) is 20.1. The number of aromatic nitrogens is 1. The van der Waals surface area contributed by atoms with Crippen LogP contribution in [0.1, 0.15) is 67.4 Å². The second-order valence-electron chi connectivity index (χ2n) is 14.1. The fraction of sp³-hybridized carbons (Fsp3) is 0.400. The minimum absolute atomic E-state index is 0.0502. The first-order valence-electron chi connectivity index (χ1n) is 20.1. The molecular formula is C45H53N5O9. The zero-order valence-electron chi connectivity index (χ0n) is 33.3. The second-order valence-corrected chi connectivity index (χ2v) is 14.1. The predicted octanol–water partition coefficient (Wildman–Crippen LogP) is 5.93. The molecule has 14 nitrogen and oxygen atoms in total. The number of carboxylic acid groups (broad SMARTS) is 1. The number of carbonyl (C=O) groups is 4. The van der Waals surface area contributed by atoms with Gasteiger partial charge in [-0.15, -0.1) is 12.3 Å². The Balaban J connectivity index is 1.12. The molecule has 1 fully saturated rings. The van der Waals surface area contributed by atoms with Gasteiger partial charge in [0.25, 0.3) is 0 Å². The van der Waals surface area contributed by atoms with Crippen LogP contribution in [0.2, 0.25) is 0 Å². The van der Waals surface area contributed by atoms with Crippen molar-refractivity contribution < 1.29 is 43.0 Å². The van der Waals surface area contributed by atoms with Crippen LogP contribution in [-0.2, 0) is 25.7 Å². The van der Waals surface area contributed by atoms with Crippen molar-refractivity contribution in [3.63, 3.8) is 0 Å². The first-order chi connectivity index (χ1) is 28.8. The highest BCUT2D eigenvalue weighted by atomic mass is 16.5. The highest BCUT2D eigenvalue weighted by Gasteiger charge is 2.30. The molecule has 0 radical (unpaired) electrons. The quantitative estimate of drug-likeness (QED) is 0.0566. The number of hydrogen-bond acceptors (Lipinski definition) is 10. The number of para-hydroxylation sites is 1. The van der Waals surface area contributed by atoms with E-state index >= 15 is 0 Å². The SMILES string of the molecule is C#CCCCC(=O)N(CCCN1CCOCC1)C(COc1ccc(-c2cc(C(=O)O)no2)cc1)C(=O)NCCCCCC(=O)NCc1ccc(Oc2ccccc2)cc1. The molecule has 3 N–H and O–H groups in total. The molecule has 3 aromatic carbocycles. The number of ether oxygens (including phenoxy) is 3. The lowest BCUT2D eigenvalue weighted by Crippen LogP contribution is -2.53. The van der Waals surface area contributed by atoms with Crippen LogP contribution in [0, 0.1) is 12.3 Å². The highest BCUT2D eigenvalue weighted by molar-refractivity contribution is 5.88. The molecule has 1 aliphatic heterocycles. The number of nitrogens with one attached hydrogen (secondary N) is 2. The van der Waals surface area contributed by atoms with Crippen molar-refractivity contribution in [3.05, 3.63) is 96.2 Å². The Morgan fingerprint density at radius 3 is 2.31 bits per heavy atom. The van der Waals surface area contributed by atoms with Crippen molar-refractivity contribution in [1.82, 2.24) is 25.6 Å². The van der Waals surface area contributed by atoms with Gasteiger partial charge in [0.2, 0.25) is 17.7 Å². The van der Waals surface area contributed by atoms with Gasteiger partial charge in [0, 0.05) is 70.2 Å². The predicted molar refractivity (Wildman–Crippen MR) is 221 cm³/mol. The lowest BCUT2D eigenvalue weighted by Gasteiger charge is -2.32. The maximum atomic E-state index is 13.9. The van der Waals surface area contributed by atoms with Crippen LogP contribution in [0.15, 0.2) is 89.5 Å². The zero-order chi connectivity index (χ0) is 41.7. The molecule has 0 bridgehead atoms. The molecule has 4 aromatic rings. The lowest BCUT2D eigenvalue weighted by atomic mass is 10.1. The van der Waals surface area contributed by atoms with Gasteiger partial charge in [-0.25, -0.2) is 4.79 Å². The van der Waals surface area contributed by atoms with Gasteiger partial charge in [0.1, 0.15) is 29.9 Å². The van der Waals surface area contributed by atoms with E-state index in [0.29, 0.717) is 82.7 Å². The number of nitrogens with zero attached hydrogens (tertiary/aromatic N) is 3. The average Bonchev–Trinajstić information content (AvgIpc) is 3.76. The van der Waals surface area contributed by atoms with Crippen LogP contribution in [0.5, 0.6) is 17.2 Å². The van der Waals surface area contributed by atoms with E-state index in [1.165, 1.54) is 6.07 Å². The van der Waals surface area contributed by atoms with Gasteiger partial charge in [-0.2, -0.15) is 0 Å². The standard InChI is InChI=1S/C45H53N5O9/c1-2-3-6-15-43(52)50(26-11-25-49-27-29-56-30-28-49)40(33-57-36-22-18-35(19-23-36)41-31-39(45(54)55)48-59-41)44(53)46-24-10-5-9-14-42(51)47-32-34-16-20-38(21-17-34)58-37-12-7-4-8-13-37/h1,4,7-8,12-13,16-23,31,40H,3,5-6,9-11,14-15,24-30,32-33H2,(H,46,53)(H,47,51)(H,54,55). The van der Waals surface area contributed by atoms with Gasteiger partial charge in [-0.1, -0.05) is 41.9 Å². The van der Waals surface area contributed by atoms with Crippen molar-refractivity contribution in [1.29, 1.82) is 0 Å². The van der Waals surface area contributed by atoms with E-state index in [-0.39, 0.29) is 42.2 Å². The van der Waals surface area contributed by atoms with Crippen LogP contribution in [0.3, 0.4) is 0 Å². The minimum Gasteiger partial charge on any atom is -0.491 e. The summed E-state index contributed by atoms with van der Waals surface area (Å²) in [5.74, 6) is 3.03. The Hall–Kier alpha value is -6.17. The van der Waals surface area contributed by atoms with Gasteiger partial charge >= 0.3 is 5.97 Å². The molecule has 1 aromatic heterocycles. The summed E-state index contributed by atoms with van der Waals surface area (Å²) >= 11 is 0. The van der Waals surface area contributed by atoms with E-state index in [9.17, 15) is 24.3 Å². The highest BCUT2D eigenvalue weighted by Crippen LogP contribution is 2.24. The molecule has 1 aliphatic rings. The van der Waals surface area contributed by atoms with Crippen LogP contribution < -0.4 is 20.1 Å². The van der Waals surface area contributed by atoms with Gasteiger partial charge in [0.15, 0.2) is 11.5 Å². The fourth-order valence-electron chi connectivity index (χ4n) is 6.44. The van der Waals surface area contributed by atoms with Crippen molar-refractivity contribution in [2.24, 2.45) is 0 Å². The third kappa shape index (κ3) is 14.9. The molecule has 0 spiro atoms. The molecule has 59 heavy (non-hydrogen) atoms. The van der Waals surface area contributed by atoms with E-state index in [4.69, 9.17) is 25.2 Å². The van der Waals surface area contributed by atoms with Crippen molar-refractivity contribution in [2.45, 2.75) is 64.0 Å². The molecule has 1 atom stereocenters. The van der Waals surface area contributed by atoms with E-state index in [1.807, 2.05) is 54.6 Å². The van der Waals surface area contributed by atoms with E-state index in [0.717, 1.165) is 43.1 Å². The van der Waals surface area contributed by atoms with Crippen LogP contribution in [0.25, 0.3) is 11.3 Å². The summed E-state index contributed by atoms with van der Waals surface area (Å²) < 4.78 is 22.6. The summed E-state index contributed by atoms with van der Waals surface area (Å²) in [5, 5.41) is 18.7. The normalized spacial score (nSPS) is 13.1. The van der Waals surface area contributed by atoms with Crippen molar-refractivity contribution >= 4 is 23.7 Å². The maximum absolute atomic E-state index is 13.9. The topological polar surface area (TPSA) is 173 Å². The van der Waals surface area contributed by atoms with E-state index < -0.39 is 12.0 Å². The number of unbranched alkanes of at least 4 members (excludes halogenated alkanes) is 3. The Morgan fingerprint density at radius 1 is 0.864 bits per heavy atom. The van der Waals surface area contributed by atoms with Crippen LogP contribution >= 0.6 is 0 Å². The molecule has 0 aliphatic carbocycles. The summed E-state index contributed by atoms with van der Waals surface area (Å²) in [6.45, 7) is 4.73. The van der Waals surface area contributed by atoms with Gasteiger partial charge < -0.3 is 39.4 Å². The Kier molecular flexibility index (Phi) is 17.8. The summed E-state index contributed by atoms with van der Waals surface area (Å²) in [6, 6.07) is 24.3. The lowest BCUT2D eigenvalue weighted by molar-refractivity contribution is -0.142.